The van der Waals surface area contributed by atoms with E-state index in [0.29, 0.717) is 0 Å². The zero-order valence-corrected chi connectivity index (χ0v) is 10.7. The van der Waals surface area contributed by atoms with Crippen LogP contribution in [0.15, 0.2) is 24.3 Å². The van der Waals surface area contributed by atoms with Crippen molar-refractivity contribution in [1.82, 2.24) is 0 Å². The highest BCUT2D eigenvalue weighted by molar-refractivity contribution is 5.93. The fraction of sp³-hybridized carbons (Fsp3) is 0.533. The summed E-state index contributed by atoms with van der Waals surface area (Å²) in [4.78, 5) is 14.2. The lowest BCUT2D eigenvalue weighted by molar-refractivity contribution is -0.122. The van der Waals surface area contributed by atoms with Crippen LogP contribution in [0, 0.1) is 5.92 Å². The van der Waals surface area contributed by atoms with E-state index in [1.54, 1.807) is 0 Å². The lowest BCUT2D eigenvalue weighted by atomic mass is 9.85. The summed E-state index contributed by atoms with van der Waals surface area (Å²) in [6.45, 7) is 2.32. The highest BCUT2D eigenvalue weighted by Crippen LogP contribution is 2.28. The van der Waals surface area contributed by atoms with Gasteiger partial charge in [0.2, 0.25) is 5.91 Å². The van der Waals surface area contributed by atoms with Crippen molar-refractivity contribution in [2.45, 2.75) is 32.1 Å². The quantitative estimate of drug-likeness (QED) is 0.886. The molecule has 0 atom stereocenters. The Hall–Kier alpha value is -1.51. The summed E-state index contributed by atoms with van der Waals surface area (Å²) in [5.74, 6) is 0.443. The lowest BCUT2D eigenvalue weighted by Crippen LogP contribution is -2.28. The minimum Gasteiger partial charge on any atom is -0.372 e. The molecule has 3 nitrogen and oxygen atoms in total. The van der Waals surface area contributed by atoms with Gasteiger partial charge in [-0.05, 0) is 49.9 Å². The molecule has 0 radical (unpaired) electrons. The maximum absolute atomic E-state index is 11.8. The summed E-state index contributed by atoms with van der Waals surface area (Å²) >= 11 is 0. The van der Waals surface area contributed by atoms with Gasteiger partial charge in [0.15, 0.2) is 0 Å². The third-order valence-electron chi connectivity index (χ3n) is 4.08. The number of nitrogens with one attached hydrogen (secondary N) is 1. The Bertz CT molecular complexity index is 417. The van der Waals surface area contributed by atoms with Gasteiger partial charge in [0, 0.05) is 30.4 Å². The van der Waals surface area contributed by atoms with Gasteiger partial charge in [0.1, 0.15) is 0 Å². The minimum atomic E-state index is 0.190. The summed E-state index contributed by atoms with van der Waals surface area (Å²) in [7, 11) is 0. The van der Waals surface area contributed by atoms with Gasteiger partial charge >= 0.3 is 0 Å². The van der Waals surface area contributed by atoms with Gasteiger partial charge in [0.25, 0.3) is 0 Å². The van der Waals surface area contributed by atoms with Crippen LogP contribution in [0.1, 0.15) is 32.1 Å². The van der Waals surface area contributed by atoms with E-state index in [-0.39, 0.29) is 11.8 Å². The fourth-order valence-electron chi connectivity index (χ4n) is 2.65. The Morgan fingerprint density at radius 2 is 1.72 bits per heavy atom. The molecule has 1 amide bonds. The first-order valence-corrected chi connectivity index (χ1v) is 6.99. The molecule has 2 fully saturated rings. The summed E-state index contributed by atoms with van der Waals surface area (Å²) in [6.07, 6.45) is 5.89. The number of rotatable bonds is 3. The van der Waals surface area contributed by atoms with Gasteiger partial charge in [-0.1, -0.05) is 6.42 Å². The second-order valence-electron chi connectivity index (χ2n) is 5.36. The largest absolute Gasteiger partial charge is 0.372 e. The Morgan fingerprint density at radius 1 is 1.06 bits per heavy atom. The van der Waals surface area contributed by atoms with E-state index in [2.05, 4.69) is 22.3 Å². The minimum absolute atomic E-state index is 0.190. The molecule has 3 rings (SSSR count). The number of hydrogen-bond acceptors (Lipinski definition) is 2. The second kappa shape index (κ2) is 5.01. The molecule has 0 spiro atoms. The zero-order chi connectivity index (χ0) is 12.4. The van der Waals surface area contributed by atoms with Crippen molar-refractivity contribution in [3.05, 3.63) is 24.3 Å². The lowest BCUT2D eigenvalue weighted by Gasteiger charge is -2.24. The average molecular weight is 244 g/mol. The maximum Gasteiger partial charge on any atom is 0.227 e. The molecule has 0 aromatic heterocycles. The molecule has 1 aliphatic carbocycles. The van der Waals surface area contributed by atoms with Crippen molar-refractivity contribution < 1.29 is 4.79 Å². The van der Waals surface area contributed by atoms with Gasteiger partial charge in [0.05, 0.1) is 0 Å². The first kappa shape index (κ1) is 11.6. The molecule has 1 aromatic rings. The van der Waals surface area contributed by atoms with E-state index in [1.165, 1.54) is 24.9 Å². The van der Waals surface area contributed by atoms with Gasteiger partial charge < -0.3 is 10.2 Å². The Labute approximate surface area is 108 Å². The van der Waals surface area contributed by atoms with Crippen LogP contribution >= 0.6 is 0 Å². The summed E-state index contributed by atoms with van der Waals surface area (Å²) in [5, 5.41) is 3.00. The molecule has 1 aromatic carbocycles. The molecule has 1 heterocycles. The first-order chi connectivity index (χ1) is 8.83. The molecular formula is C15H20N2O. The highest BCUT2D eigenvalue weighted by Gasteiger charge is 2.25. The number of benzene rings is 1. The van der Waals surface area contributed by atoms with Crippen molar-refractivity contribution in [1.29, 1.82) is 0 Å². The van der Waals surface area contributed by atoms with Crippen LogP contribution in [0.3, 0.4) is 0 Å². The van der Waals surface area contributed by atoms with Crippen molar-refractivity contribution >= 4 is 17.3 Å². The molecule has 2 aliphatic rings. The molecule has 96 valence electrons. The van der Waals surface area contributed by atoms with Crippen molar-refractivity contribution in [2.24, 2.45) is 5.92 Å². The third kappa shape index (κ3) is 2.35. The standard InChI is InChI=1S/C15H20N2O/c18-15(12-4-3-5-12)16-13-6-8-14(9-7-13)17-10-1-2-11-17/h6-9,12H,1-5,10-11H2,(H,16,18). The highest BCUT2D eigenvalue weighted by atomic mass is 16.1. The molecule has 1 aliphatic heterocycles. The predicted molar refractivity (Wildman–Crippen MR) is 73.9 cm³/mol. The van der Waals surface area contributed by atoms with E-state index >= 15 is 0 Å². The van der Waals surface area contributed by atoms with Crippen LogP contribution in [0.2, 0.25) is 0 Å². The van der Waals surface area contributed by atoms with Crippen LogP contribution < -0.4 is 10.2 Å². The molecule has 1 saturated heterocycles. The van der Waals surface area contributed by atoms with Crippen LogP contribution in [0.25, 0.3) is 0 Å². The van der Waals surface area contributed by atoms with E-state index in [9.17, 15) is 4.79 Å². The number of carbonyl (C=O) groups excluding carboxylic acids is 1. The predicted octanol–water partition coefficient (Wildman–Crippen LogP) is 3.03. The maximum atomic E-state index is 11.8. The monoisotopic (exact) mass is 244 g/mol. The Morgan fingerprint density at radius 3 is 2.28 bits per heavy atom. The zero-order valence-electron chi connectivity index (χ0n) is 10.7. The number of carbonyl (C=O) groups is 1. The van der Waals surface area contributed by atoms with Crippen molar-refractivity contribution in [3.8, 4) is 0 Å². The van der Waals surface area contributed by atoms with Crippen LogP contribution in [-0.4, -0.2) is 19.0 Å². The van der Waals surface area contributed by atoms with Crippen LogP contribution in [0.4, 0.5) is 11.4 Å². The summed E-state index contributed by atoms with van der Waals surface area (Å²) in [6, 6.07) is 8.26. The second-order valence-corrected chi connectivity index (χ2v) is 5.36. The van der Waals surface area contributed by atoms with E-state index < -0.39 is 0 Å². The Kier molecular flexibility index (Phi) is 3.22. The van der Waals surface area contributed by atoms with Crippen molar-refractivity contribution in [2.75, 3.05) is 23.3 Å². The van der Waals surface area contributed by atoms with E-state index in [4.69, 9.17) is 0 Å². The summed E-state index contributed by atoms with van der Waals surface area (Å²) < 4.78 is 0. The molecule has 0 unspecified atom stereocenters. The molecule has 18 heavy (non-hydrogen) atoms. The van der Waals surface area contributed by atoms with E-state index in [0.717, 1.165) is 31.6 Å². The SMILES string of the molecule is O=C(Nc1ccc(N2CCCC2)cc1)C1CCC1. The van der Waals surface area contributed by atoms with Gasteiger partial charge in [-0.2, -0.15) is 0 Å². The van der Waals surface area contributed by atoms with Gasteiger partial charge in [-0.3, -0.25) is 4.79 Å². The first-order valence-electron chi connectivity index (χ1n) is 6.99. The topological polar surface area (TPSA) is 32.3 Å². The van der Waals surface area contributed by atoms with Gasteiger partial charge in [-0.25, -0.2) is 0 Å². The smallest absolute Gasteiger partial charge is 0.227 e. The number of anilines is 2. The van der Waals surface area contributed by atoms with Gasteiger partial charge in [-0.15, -0.1) is 0 Å². The third-order valence-corrected chi connectivity index (χ3v) is 4.08. The molecule has 0 bridgehead atoms. The molecular weight excluding hydrogens is 224 g/mol. The van der Waals surface area contributed by atoms with Crippen LogP contribution in [0.5, 0.6) is 0 Å². The normalized spacial score (nSPS) is 19.7. The summed E-state index contributed by atoms with van der Waals surface area (Å²) in [5.41, 5.74) is 2.20. The Balaban J connectivity index is 1.61. The van der Waals surface area contributed by atoms with E-state index in [1.807, 2.05) is 12.1 Å². The molecule has 1 N–H and O–H groups in total. The number of hydrogen-bond donors (Lipinski definition) is 1. The fourth-order valence-corrected chi connectivity index (χ4v) is 2.65. The molecule has 1 saturated carbocycles. The van der Waals surface area contributed by atoms with Crippen LogP contribution in [-0.2, 0) is 4.79 Å². The number of nitrogens with zero attached hydrogens (tertiary/aromatic N) is 1. The molecule has 3 heteroatoms. The average Bonchev–Trinajstić information content (AvgIpc) is 2.81. The van der Waals surface area contributed by atoms with Crippen molar-refractivity contribution in [3.63, 3.8) is 0 Å². The number of amides is 1.